The van der Waals surface area contributed by atoms with Crippen LogP contribution in [-0.4, -0.2) is 33.5 Å². The molecule has 0 fully saturated rings. The molecule has 98 valence electrons. The summed E-state index contributed by atoms with van der Waals surface area (Å²) in [4.78, 5) is 2.05. The SMILES string of the molecule is CS(=O)(=O)CCCN(CCC#N)c1ccccc1. The summed E-state index contributed by atoms with van der Waals surface area (Å²) in [5.74, 6) is 0.183. The fourth-order valence-corrected chi connectivity index (χ4v) is 2.36. The lowest BCUT2D eigenvalue weighted by Gasteiger charge is -2.23. The number of nitrogens with zero attached hydrogens (tertiary/aromatic N) is 2. The summed E-state index contributed by atoms with van der Waals surface area (Å²) in [6.07, 6.45) is 2.27. The van der Waals surface area contributed by atoms with Crippen molar-refractivity contribution < 1.29 is 8.42 Å². The monoisotopic (exact) mass is 266 g/mol. The van der Waals surface area contributed by atoms with E-state index in [2.05, 4.69) is 11.0 Å². The van der Waals surface area contributed by atoms with Gasteiger partial charge in [0.25, 0.3) is 0 Å². The standard InChI is InChI=1S/C13H18N2O2S/c1-18(16,17)12-6-11-15(10-5-9-14)13-7-3-2-4-8-13/h2-4,7-8H,5-6,10-12H2,1H3. The van der Waals surface area contributed by atoms with Gasteiger partial charge < -0.3 is 4.90 Å². The summed E-state index contributed by atoms with van der Waals surface area (Å²) >= 11 is 0. The first-order valence-corrected chi connectivity index (χ1v) is 7.93. The van der Waals surface area contributed by atoms with Gasteiger partial charge in [0, 0.05) is 25.0 Å². The molecule has 1 aromatic rings. The largest absolute Gasteiger partial charge is 0.370 e. The highest BCUT2D eigenvalue weighted by atomic mass is 32.2. The zero-order valence-electron chi connectivity index (χ0n) is 10.5. The topological polar surface area (TPSA) is 61.2 Å². The fraction of sp³-hybridized carbons (Fsp3) is 0.462. The number of benzene rings is 1. The Bertz CT molecular complexity index is 491. The molecule has 18 heavy (non-hydrogen) atoms. The Labute approximate surface area is 109 Å². The van der Waals surface area contributed by atoms with Gasteiger partial charge in [0.1, 0.15) is 9.84 Å². The van der Waals surface area contributed by atoms with Gasteiger partial charge in [0.2, 0.25) is 0 Å². The Hall–Kier alpha value is -1.54. The summed E-state index contributed by atoms with van der Waals surface area (Å²) < 4.78 is 22.2. The second kappa shape index (κ2) is 7.02. The number of hydrogen-bond donors (Lipinski definition) is 0. The van der Waals surface area contributed by atoms with Crippen LogP contribution in [0.25, 0.3) is 0 Å². The minimum atomic E-state index is -2.91. The number of anilines is 1. The molecule has 0 aliphatic heterocycles. The van der Waals surface area contributed by atoms with Crippen LogP contribution >= 0.6 is 0 Å². The zero-order chi connectivity index (χ0) is 13.4. The van der Waals surface area contributed by atoms with Gasteiger partial charge >= 0.3 is 0 Å². The van der Waals surface area contributed by atoms with Crippen LogP contribution in [0.4, 0.5) is 5.69 Å². The lowest BCUT2D eigenvalue weighted by Crippen LogP contribution is -2.26. The number of sulfone groups is 1. The summed E-state index contributed by atoms with van der Waals surface area (Å²) in [7, 11) is -2.91. The second-order valence-electron chi connectivity index (χ2n) is 4.21. The van der Waals surface area contributed by atoms with E-state index in [1.807, 2.05) is 30.3 Å². The van der Waals surface area contributed by atoms with Gasteiger partial charge in [-0.15, -0.1) is 0 Å². The molecule has 0 bridgehead atoms. The van der Waals surface area contributed by atoms with Crippen molar-refractivity contribution in [1.29, 1.82) is 5.26 Å². The van der Waals surface area contributed by atoms with Gasteiger partial charge in [-0.25, -0.2) is 8.42 Å². The van der Waals surface area contributed by atoms with E-state index in [0.717, 1.165) is 5.69 Å². The third kappa shape index (κ3) is 5.69. The van der Waals surface area contributed by atoms with Crippen molar-refractivity contribution >= 4 is 15.5 Å². The van der Waals surface area contributed by atoms with Crippen LogP contribution in [0.3, 0.4) is 0 Å². The summed E-state index contributed by atoms with van der Waals surface area (Å²) in [5.41, 5.74) is 1.03. The van der Waals surface area contributed by atoms with E-state index < -0.39 is 9.84 Å². The van der Waals surface area contributed by atoms with Crippen molar-refractivity contribution in [3.63, 3.8) is 0 Å². The Morgan fingerprint density at radius 2 is 1.89 bits per heavy atom. The van der Waals surface area contributed by atoms with E-state index in [0.29, 0.717) is 25.9 Å². The van der Waals surface area contributed by atoms with Crippen LogP contribution in [-0.2, 0) is 9.84 Å². The van der Waals surface area contributed by atoms with Crippen LogP contribution < -0.4 is 4.90 Å². The van der Waals surface area contributed by atoms with E-state index >= 15 is 0 Å². The molecule has 0 atom stereocenters. The maximum Gasteiger partial charge on any atom is 0.147 e. The van der Waals surface area contributed by atoms with Gasteiger partial charge in [-0.3, -0.25) is 0 Å². The van der Waals surface area contributed by atoms with E-state index in [1.54, 1.807) is 0 Å². The molecule has 1 aromatic carbocycles. The molecule has 0 N–H and O–H groups in total. The molecule has 0 spiro atoms. The molecule has 0 aliphatic carbocycles. The highest BCUT2D eigenvalue weighted by Gasteiger charge is 2.08. The number of rotatable bonds is 7. The van der Waals surface area contributed by atoms with Crippen LogP contribution in [0.15, 0.2) is 30.3 Å². The minimum Gasteiger partial charge on any atom is -0.370 e. The first-order valence-electron chi connectivity index (χ1n) is 5.87. The molecule has 1 rings (SSSR count). The second-order valence-corrected chi connectivity index (χ2v) is 6.47. The van der Waals surface area contributed by atoms with Crippen molar-refractivity contribution in [3.8, 4) is 6.07 Å². The summed E-state index contributed by atoms with van der Waals surface area (Å²) in [5, 5.41) is 8.64. The van der Waals surface area contributed by atoms with E-state index in [1.165, 1.54) is 6.26 Å². The highest BCUT2D eigenvalue weighted by Crippen LogP contribution is 2.14. The first kappa shape index (κ1) is 14.5. The average molecular weight is 266 g/mol. The molecule has 0 unspecified atom stereocenters. The molecule has 0 aliphatic rings. The highest BCUT2D eigenvalue weighted by molar-refractivity contribution is 7.90. The first-order chi connectivity index (χ1) is 8.53. The van der Waals surface area contributed by atoms with Crippen molar-refractivity contribution in [2.24, 2.45) is 0 Å². The molecule has 0 amide bonds. The third-order valence-electron chi connectivity index (χ3n) is 2.56. The Balaban J connectivity index is 2.60. The van der Waals surface area contributed by atoms with Crippen molar-refractivity contribution in [3.05, 3.63) is 30.3 Å². The van der Waals surface area contributed by atoms with Gasteiger partial charge in [-0.05, 0) is 18.6 Å². The predicted octanol–water partition coefficient (Wildman–Crippen LogP) is 1.84. The molecular formula is C13H18N2O2S. The van der Waals surface area contributed by atoms with Crippen LogP contribution in [0, 0.1) is 11.3 Å². The molecule has 0 radical (unpaired) electrons. The van der Waals surface area contributed by atoms with Gasteiger partial charge in [-0.1, -0.05) is 18.2 Å². The maximum absolute atomic E-state index is 11.1. The molecule has 5 heteroatoms. The third-order valence-corrected chi connectivity index (χ3v) is 3.59. The minimum absolute atomic E-state index is 0.183. The summed E-state index contributed by atoms with van der Waals surface area (Å²) in [6.45, 7) is 1.28. The normalized spacial score (nSPS) is 10.9. The quantitative estimate of drug-likeness (QED) is 0.755. The van der Waals surface area contributed by atoms with E-state index in [4.69, 9.17) is 5.26 Å². The molecule has 0 saturated carbocycles. The van der Waals surface area contributed by atoms with Crippen molar-refractivity contribution in [2.75, 3.05) is 30.0 Å². The molecular weight excluding hydrogens is 248 g/mol. The van der Waals surface area contributed by atoms with Gasteiger partial charge in [0.15, 0.2) is 0 Å². The Morgan fingerprint density at radius 3 is 2.44 bits per heavy atom. The van der Waals surface area contributed by atoms with Crippen LogP contribution in [0.5, 0.6) is 0 Å². The number of hydrogen-bond acceptors (Lipinski definition) is 4. The zero-order valence-corrected chi connectivity index (χ0v) is 11.4. The van der Waals surface area contributed by atoms with Crippen molar-refractivity contribution in [2.45, 2.75) is 12.8 Å². The molecule has 4 nitrogen and oxygen atoms in total. The fourth-order valence-electron chi connectivity index (χ4n) is 1.71. The van der Waals surface area contributed by atoms with Gasteiger partial charge in [-0.2, -0.15) is 5.26 Å². The molecule has 0 saturated heterocycles. The van der Waals surface area contributed by atoms with Crippen molar-refractivity contribution in [1.82, 2.24) is 0 Å². The number of para-hydroxylation sites is 1. The maximum atomic E-state index is 11.1. The van der Waals surface area contributed by atoms with Gasteiger partial charge in [0.05, 0.1) is 18.2 Å². The lowest BCUT2D eigenvalue weighted by molar-refractivity contribution is 0.598. The summed E-state index contributed by atoms with van der Waals surface area (Å²) in [6, 6.07) is 11.9. The Morgan fingerprint density at radius 1 is 1.22 bits per heavy atom. The Kier molecular flexibility index (Phi) is 5.66. The van der Waals surface area contributed by atoms with Crippen LogP contribution in [0.1, 0.15) is 12.8 Å². The average Bonchev–Trinajstić information content (AvgIpc) is 2.33. The van der Waals surface area contributed by atoms with E-state index in [-0.39, 0.29) is 5.75 Å². The molecule has 0 heterocycles. The van der Waals surface area contributed by atoms with Crippen LogP contribution in [0.2, 0.25) is 0 Å². The smallest absolute Gasteiger partial charge is 0.147 e. The molecule has 0 aromatic heterocycles. The number of nitriles is 1. The van der Waals surface area contributed by atoms with E-state index in [9.17, 15) is 8.42 Å². The lowest BCUT2D eigenvalue weighted by atomic mass is 10.2. The predicted molar refractivity (Wildman–Crippen MR) is 73.2 cm³/mol.